The first kappa shape index (κ1) is 33.0. The minimum Gasteiger partial charge on any atom is -0.447 e. The van der Waals surface area contributed by atoms with Crippen molar-refractivity contribution in [3.05, 3.63) is 71.8 Å². The Bertz CT molecular complexity index is 1080. The van der Waals surface area contributed by atoms with Crippen LogP contribution in [0.2, 0.25) is 18.1 Å². The molecule has 2 amide bonds. The van der Waals surface area contributed by atoms with Crippen LogP contribution in [0.25, 0.3) is 0 Å². The minimum atomic E-state index is -2.21. The molecule has 2 aromatic carbocycles. The summed E-state index contributed by atoms with van der Waals surface area (Å²) in [5, 5.41) is 11.6. The van der Waals surface area contributed by atoms with E-state index in [4.69, 9.17) is 9.16 Å². The van der Waals surface area contributed by atoms with Crippen molar-refractivity contribution in [3.63, 3.8) is 0 Å². The molecule has 0 aliphatic carbocycles. The monoisotopic (exact) mass is 581 g/mol. The van der Waals surface area contributed by atoms with Gasteiger partial charge in [0.1, 0.15) is 6.61 Å². The molecule has 0 bridgehead atoms. The van der Waals surface area contributed by atoms with Crippen LogP contribution in [0, 0.1) is 11.8 Å². The van der Waals surface area contributed by atoms with Crippen molar-refractivity contribution in [1.82, 2.24) is 4.90 Å². The zero-order valence-electron chi connectivity index (χ0n) is 26.3. The normalized spacial score (nSPS) is 18.5. The fraction of sp³-hybridized carbons (Fsp3) is 0.588. The molecule has 41 heavy (non-hydrogen) atoms. The third-order valence-electron chi connectivity index (χ3n) is 8.89. The van der Waals surface area contributed by atoms with Crippen molar-refractivity contribution in [2.75, 3.05) is 6.61 Å². The van der Waals surface area contributed by atoms with Gasteiger partial charge in [-0.2, -0.15) is 0 Å². The first-order chi connectivity index (χ1) is 19.2. The average Bonchev–Trinajstić information content (AvgIpc) is 3.29. The molecule has 0 unspecified atom stereocenters. The van der Waals surface area contributed by atoms with Crippen molar-refractivity contribution in [3.8, 4) is 0 Å². The van der Waals surface area contributed by atoms with E-state index in [1.54, 1.807) is 0 Å². The number of hydrogen-bond acceptors (Lipinski definition) is 5. The summed E-state index contributed by atoms with van der Waals surface area (Å²) in [6, 6.07) is 19.4. The standard InChI is InChI=1S/C34H51NO5Si/c1-24(2)17-15-16-22-28(31(36)25(3)40-41(7,8)34(4,5)6)32(37)35-29(23-39-33(35)38)30(26-18-11-9-12-19-26)27-20-13-10-14-21-27/h9-14,18-21,24-25,28-31,36H,15-17,22-23H2,1-8H3/t25-,28-,29+,31+/m1/s1. The van der Waals surface area contributed by atoms with Crippen LogP contribution in [0.4, 0.5) is 4.79 Å². The highest BCUT2D eigenvalue weighted by atomic mass is 28.4. The van der Waals surface area contributed by atoms with Crippen LogP contribution in [0.3, 0.4) is 0 Å². The molecule has 1 N–H and O–H groups in total. The number of rotatable bonds is 13. The van der Waals surface area contributed by atoms with Gasteiger partial charge >= 0.3 is 6.09 Å². The van der Waals surface area contributed by atoms with Crippen molar-refractivity contribution in [1.29, 1.82) is 0 Å². The lowest BCUT2D eigenvalue weighted by Gasteiger charge is -2.41. The van der Waals surface area contributed by atoms with Gasteiger partial charge in [0.15, 0.2) is 8.32 Å². The number of carbonyl (C=O) groups is 2. The molecular formula is C34H51NO5Si. The van der Waals surface area contributed by atoms with Crippen molar-refractivity contribution in [2.45, 2.75) is 110 Å². The van der Waals surface area contributed by atoms with E-state index >= 15 is 0 Å². The minimum absolute atomic E-state index is 0.0415. The molecule has 0 spiro atoms. The van der Waals surface area contributed by atoms with Crippen LogP contribution >= 0.6 is 0 Å². The second kappa shape index (κ2) is 14.1. The molecule has 0 aromatic heterocycles. The molecule has 6 nitrogen and oxygen atoms in total. The number of aliphatic hydroxyl groups excluding tert-OH is 1. The van der Waals surface area contributed by atoms with Crippen molar-refractivity contribution in [2.24, 2.45) is 11.8 Å². The topological polar surface area (TPSA) is 76.1 Å². The highest BCUT2D eigenvalue weighted by Gasteiger charge is 2.48. The highest BCUT2D eigenvalue weighted by molar-refractivity contribution is 6.74. The smallest absolute Gasteiger partial charge is 0.417 e. The van der Waals surface area contributed by atoms with E-state index in [0.29, 0.717) is 12.3 Å². The summed E-state index contributed by atoms with van der Waals surface area (Å²) in [7, 11) is -2.21. The van der Waals surface area contributed by atoms with Gasteiger partial charge in [-0.15, -0.1) is 0 Å². The van der Waals surface area contributed by atoms with E-state index in [1.807, 2.05) is 67.6 Å². The van der Waals surface area contributed by atoms with Crippen LogP contribution in [-0.2, 0) is 14.0 Å². The molecule has 0 radical (unpaired) electrons. The predicted molar refractivity (Wildman–Crippen MR) is 167 cm³/mol. The molecule has 1 aliphatic rings. The fourth-order valence-electron chi connectivity index (χ4n) is 5.47. The Labute approximate surface area is 248 Å². The number of unbranched alkanes of at least 4 members (excludes halogenated alkanes) is 1. The van der Waals surface area contributed by atoms with Crippen molar-refractivity contribution >= 4 is 20.3 Å². The van der Waals surface area contributed by atoms with Gasteiger partial charge in [-0.25, -0.2) is 9.69 Å². The maximum Gasteiger partial charge on any atom is 0.417 e. The Hall–Kier alpha value is -2.48. The van der Waals surface area contributed by atoms with Crippen LogP contribution in [0.15, 0.2) is 60.7 Å². The average molecular weight is 582 g/mol. The number of aliphatic hydroxyl groups is 1. The summed E-state index contributed by atoms with van der Waals surface area (Å²) in [6.45, 7) is 17.1. The molecule has 2 aromatic rings. The SMILES string of the molecule is CC(C)CCCC[C@@H](C(=O)N1C(=O)OC[C@H]1C(c1ccccc1)c1ccccc1)[C@@H](O)[C@@H](C)O[Si](C)(C)C(C)(C)C. The van der Waals surface area contributed by atoms with E-state index < -0.39 is 38.6 Å². The van der Waals surface area contributed by atoms with Gasteiger partial charge in [0.2, 0.25) is 5.91 Å². The first-order valence-corrected chi connectivity index (χ1v) is 18.1. The van der Waals surface area contributed by atoms with Crippen molar-refractivity contribution < 1.29 is 23.9 Å². The zero-order chi connectivity index (χ0) is 30.4. The van der Waals surface area contributed by atoms with Crippen LogP contribution in [-0.4, -0.2) is 55.2 Å². The van der Waals surface area contributed by atoms with E-state index in [0.717, 1.165) is 30.4 Å². The molecule has 7 heteroatoms. The lowest BCUT2D eigenvalue weighted by atomic mass is 9.83. The Morgan fingerprint density at radius 2 is 1.49 bits per heavy atom. The first-order valence-electron chi connectivity index (χ1n) is 15.2. The third kappa shape index (κ3) is 8.30. The molecule has 1 aliphatic heterocycles. The summed E-state index contributed by atoms with van der Waals surface area (Å²) < 4.78 is 12.1. The maximum atomic E-state index is 14.4. The van der Waals surface area contributed by atoms with Crippen LogP contribution in [0.1, 0.15) is 84.3 Å². The number of amides is 2. The lowest BCUT2D eigenvalue weighted by Crippen LogP contribution is -2.52. The maximum absolute atomic E-state index is 14.4. The van der Waals surface area contributed by atoms with Gasteiger partial charge in [-0.05, 0) is 48.5 Å². The molecule has 1 fully saturated rings. The number of carbonyl (C=O) groups excluding carboxylic acids is 2. The third-order valence-corrected chi connectivity index (χ3v) is 13.5. The number of benzene rings is 2. The van der Waals surface area contributed by atoms with E-state index in [2.05, 4.69) is 47.7 Å². The van der Waals surface area contributed by atoms with Crippen LogP contribution in [0.5, 0.6) is 0 Å². The van der Waals surface area contributed by atoms with E-state index in [1.165, 1.54) is 4.90 Å². The van der Waals surface area contributed by atoms with Gasteiger partial charge in [0.25, 0.3) is 0 Å². The number of cyclic esters (lactones) is 1. The second-order valence-corrected chi connectivity index (χ2v) is 18.3. The second-order valence-electron chi connectivity index (χ2n) is 13.5. The van der Waals surface area contributed by atoms with E-state index in [9.17, 15) is 14.7 Å². The molecule has 4 atom stereocenters. The summed E-state index contributed by atoms with van der Waals surface area (Å²) in [5.74, 6) is -0.850. The van der Waals surface area contributed by atoms with Gasteiger partial charge in [0.05, 0.1) is 24.2 Å². The molecule has 0 saturated carbocycles. The summed E-state index contributed by atoms with van der Waals surface area (Å²) in [4.78, 5) is 28.9. The van der Waals surface area contributed by atoms with E-state index in [-0.39, 0.29) is 23.5 Å². The van der Waals surface area contributed by atoms with Crippen LogP contribution < -0.4 is 0 Å². The van der Waals surface area contributed by atoms with Gasteiger partial charge in [-0.1, -0.05) is 115 Å². The summed E-state index contributed by atoms with van der Waals surface area (Å²) >= 11 is 0. The van der Waals surface area contributed by atoms with Gasteiger partial charge in [0, 0.05) is 5.92 Å². The largest absolute Gasteiger partial charge is 0.447 e. The highest BCUT2D eigenvalue weighted by Crippen LogP contribution is 2.39. The molecule has 226 valence electrons. The van der Waals surface area contributed by atoms with Gasteiger partial charge in [-0.3, -0.25) is 4.79 Å². The Morgan fingerprint density at radius 1 is 0.976 bits per heavy atom. The Kier molecular flexibility index (Phi) is 11.4. The molecular weight excluding hydrogens is 530 g/mol. The Morgan fingerprint density at radius 3 is 1.98 bits per heavy atom. The molecule has 1 heterocycles. The number of ether oxygens (including phenoxy) is 1. The predicted octanol–water partition coefficient (Wildman–Crippen LogP) is 7.77. The zero-order valence-corrected chi connectivity index (χ0v) is 27.3. The molecule has 1 saturated heterocycles. The fourth-order valence-corrected chi connectivity index (χ4v) is 6.89. The quantitative estimate of drug-likeness (QED) is 0.193. The number of nitrogens with zero attached hydrogens (tertiary/aromatic N) is 1. The summed E-state index contributed by atoms with van der Waals surface area (Å²) in [5.41, 5.74) is 2.01. The number of imide groups is 1. The van der Waals surface area contributed by atoms with Gasteiger partial charge < -0.3 is 14.3 Å². The Balaban J connectivity index is 1.95. The molecule has 3 rings (SSSR count). The lowest BCUT2D eigenvalue weighted by molar-refractivity contribution is -0.140. The number of hydrogen-bond donors (Lipinski definition) is 1. The summed E-state index contributed by atoms with van der Waals surface area (Å²) in [6.07, 6.45) is 1.03.